The van der Waals surface area contributed by atoms with Crippen LogP contribution in [0.3, 0.4) is 0 Å². The van der Waals surface area contributed by atoms with Gasteiger partial charge in [-0.05, 0) is 0 Å². The molecule has 0 aliphatic heterocycles. The van der Waals surface area contributed by atoms with Gasteiger partial charge in [-0.1, -0.05) is 23.2 Å². The lowest BCUT2D eigenvalue weighted by atomic mass is 10.7. The summed E-state index contributed by atoms with van der Waals surface area (Å²) in [4.78, 5) is 17.6. The zero-order valence-electron chi connectivity index (χ0n) is 4.14. The van der Waals surface area contributed by atoms with E-state index in [0.29, 0.717) is 0 Å². The van der Waals surface area contributed by atoms with Crippen LogP contribution in [0.15, 0.2) is 0 Å². The van der Waals surface area contributed by atoms with E-state index in [2.05, 4.69) is 21.5 Å². The van der Waals surface area contributed by atoms with Gasteiger partial charge < -0.3 is 4.84 Å². The second-order valence-corrected chi connectivity index (χ2v) is 2.30. The molecule has 54 valence electrons. The second-order valence-electron chi connectivity index (χ2n) is 1.04. The SMILES string of the molecule is NOC(=O)C(Cl)(Cl)ON. The van der Waals surface area contributed by atoms with Crippen LogP contribution in [-0.2, 0) is 14.5 Å². The monoisotopic (exact) mass is 174 g/mol. The van der Waals surface area contributed by atoms with E-state index >= 15 is 0 Å². The topological polar surface area (TPSA) is 87.6 Å². The summed E-state index contributed by atoms with van der Waals surface area (Å²) in [7, 11) is 0. The third kappa shape index (κ3) is 2.33. The van der Waals surface area contributed by atoms with Crippen LogP contribution in [0.1, 0.15) is 0 Å². The van der Waals surface area contributed by atoms with Crippen molar-refractivity contribution in [2.45, 2.75) is 4.52 Å². The zero-order chi connectivity index (χ0) is 7.49. The molecule has 0 rings (SSSR count). The number of carbonyl (C=O) groups is 1. The molecule has 0 aromatic carbocycles. The molecule has 9 heavy (non-hydrogen) atoms. The Morgan fingerprint density at radius 1 is 1.44 bits per heavy atom. The van der Waals surface area contributed by atoms with Crippen LogP contribution in [0.2, 0.25) is 0 Å². The normalized spacial score (nSPS) is 11.1. The Morgan fingerprint density at radius 2 is 1.89 bits per heavy atom. The Labute approximate surface area is 60.7 Å². The molecule has 0 aromatic heterocycles. The lowest BCUT2D eigenvalue weighted by molar-refractivity contribution is -0.155. The van der Waals surface area contributed by atoms with Gasteiger partial charge in [-0.3, -0.25) is 4.84 Å². The minimum absolute atomic E-state index is 1.17. The van der Waals surface area contributed by atoms with Crippen LogP contribution < -0.4 is 11.8 Å². The van der Waals surface area contributed by atoms with Gasteiger partial charge in [0.1, 0.15) is 0 Å². The largest absolute Gasteiger partial charge is 0.391 e. The molecule has 4 N–H and O–H groups in total. The number of alkyl halides is 2. The molecule has 0 aromatic rings. The van der Waals surface area contributed by atoms with Crippen molar-refractivity contribution in [3.05, 3.63) is 0 Å². The maximum absolute atomic E-state index is 10.2. The highest BCUT2D eigenvalue weighted by molar-refractivity contribution is 6.56. The van der Waals surface area contributed by atoms with Crippen LogP contribution in [0.5, 0.6) is 0 Å². The van der Waals surface area contributed by atoms with Crippen molar-refractivity contribution in [3.63, 3.8) is 0 Å². The Balaban J connectivity index is 3.97. The Hall–Kier alpha value is -0.0700. The van der Waals surface area contributed by atoms with Crippen molar-refractivity contribution in [1.82, 2.24) is 0 Å². The molecule has 0 saturated heterocycles. The predicted octanol–water partition coefficient (Wildman–Crippen LogP) is -0.575. The third-order valence-electron chi connectivity index (χ3n) is 0.493. The molecular weight excluding hydrogens is 171 g/mol. The van der Waals surface area contributed by atoms with E-state index in [1.54, 1.807) is 0 Å². The van der Waals surface area contributed by atoms with Crippen molar-refractivity contribution in [3.8, 4) is 0 Å². The minimum atomic E-state index is -2.21. The molecule has 0 amide bonds. The molecule has 0 bridgehead atoms. The highest BCUT2D eigenvalue weighted by Crippen LogP contribution is 2.20. The molecule has 5 nitrogen and oxygen atoms in total. The fraction of sp³-hybridized carbons (Fsp3) is 0.500. The zero-order valence-corrected chi connectivity index (χ0v) is 5.65. The maximum atomic E-state index is 10.2. The third-order valence-corrected chi connectivity index (χ3v) is 0.979. The lowest BCUT2D eigenvalue weighted by Crippen LogP contribution is -2.35. The highest BCUT2D eigenvalue weighted by Gasteiger charge is 2.36. The summed E-state index contributed by atoms with van der Waals surface area (Å²) in [5, 5.41) is 0. The molecule has 0 fully saturated rings. The second kappa shape index (κ2) is 3.19. The molecule has 0 radical (unpaired) electrons. The average Bonchev–Trinajstić information content (AvgIpc) is 1.86. The van der Waals surface area contributed by atoms with Gasteiger partial charge in [0.2, 0.25) is 0 Å². The number of carbonyl (C=O) groups excluding carboxylic acids is 1. The summed E-state index contributed by atoms with van der Waals surface area (Å²) < 4.78 is -2.21. The summed E-state index contributed by atoms with van der Waals surface area (Å²) in [6.07, 6.45) is 0. The molecule has 0 unspecified atom stereocenters. The van der Waals surface area contributed by atoms with Gasteiger partial charge in [-0.2, -0.15) is 5.90 Å². The van der Waals surface area contributed by atoms with Gasteiger partial charge in [0.15, 0.2) is 0 Å². The molecular formula is C2H4Cl2N2O3. The summed E-state index contributed by atoms with van der Waals surface area (Å²) in [6, 6.07) is 0. The van der Waals surface area contributed by atoms with Crippen LogP contribution in [0.4, 0.5) is 0 Å². The van der Waals surface area contributed by atoms with E-state index in [1.165, 1.54) is 0 Å². The predicted molar refractivity (Wildman–Crippen MR) is 30.0 cm³/mol. The standard InChI is InChI=1S/C2H4Cl2N2O3/c3-2(4,9-6)1(7)8-5/h5-6H2. The molecule has 0 spiro atoms. The fourth-order valence-corrected chi connectivity index (χ4v) is 0.206. The molecule has 0 aliphatic rings. The number of nitrogens with two attached hydrogens (primary N) is 2. The summed E-state index contributed by atoms with van der Waals surface area (Å²) in [5.74, 6) is 7.67. The van der Waals surface area contributed by atoms with Crippen molar-refractivity contribution < 1.29 is 14.5 Å². The van der Waals surface area contributed by atoms with Crippen LogP contribution in [0, 0.1) is 0 Å². The first-order chi connectivity index (χ1) is 4.04. The summed E-state index contributed by atoms with van der Waals surface area (Å²) in [6.45, 7) is 0. The lowest BCUT2D eigenvalue weighted by Gasteiger charge is -2.10. The number of hydrogen-bond acceptors (Lipinski definition) is 5. The smallest absolute Gasteiger partial charge is 0.369 e. The highest BCUT2D eigenvalue weighted by atomic mass is 35.5. The average molecular weight is 175 g/mol. The van der Waals surface area contributed by atoms with E-state index in [9.17, 15) is 4.79 Å². The summed E-state index contributed by atoms with van der Waals surface area (Å²) in [5.41, 5.74) is 0. The maximum Gasteiger partial charge on any atom is 0.391 e. The summed E-state index contributed by atoms with van der Waals surface area (Å²) >= 11 is 10.1. The first kappa shape index (κ1) is 8.93. The molecule has 0 aliphatic carbocycles. The van der Waals surface area contributed by atoms with Crippen molar-refractivity contribution in [2.24, 2.45) is 11.8 Å². The Kier molecular flexibility index (Phi) is 3.16. The van der Waals surface area contributed by atoms with Crippen LogP contribution in [-0.4, -0.2) is 10.5 Å². The first-order valence-electron chi connectivity index (χ1n) is 1.71. The van der Waals surface area contributed by atoms with Crippen molar-refractivity contribution in [2.75, 3.05) is 0 Å². The first-order valence-corrected chi connectivity index (χ1v) is 2.47. The van der Waals surface area contributed by atoms with Gasteiger partial charge in [-0.25, -0.2) is 10.7 Å². The van der Waals surface area contributed by atoms with Crippen molar-refractivity contribution >= 4 is 29.2 Å². The van der Waals surface area contributed by atoms with Crippen LogP contribution >= 0.6 is 23.2 Å². The Bertz CT molecular complexity index is 116. The molecule has 0 atom stereocenters. The molecule has 7 heteroatoms. The van der Waals surface area contributed by atoms with Gasteiger partial charge in [0, 0.05) is 0 Å². The van der Waals surface area contributed by atoms with E-state index < -0.39 is 10.5 Å². The Morgan fingerprint density at radius 3 is 2.00 bits per heavy atom. The quantitative estimate of drug-likeness (QED) is 0.433. The minimum Gasteiger partial charge on any atom is -0.369 e. The van der Waals surface area contributed by atoms with E-state index in [0.717, 1.165) is 0 Å². The fourth-order valence-electron chi connectivity index (χ4n) is 0.117. The van der Waals surface area contributed by atoms with Gasteiger partial charge in [-0.15, -0.1) is 0 Å². The van der Waals surface area contributed by atoms with Gasteiger partial charge in [0.25, 0.3) is 0 Å². The molecule has 0 saturated carbocycles. The van der Waals surface area contributed by atoms with Gasteiger partial charge in [0.05, 0.1) is 0 Å². The van der Waals surface area contributed by atoms with E-state index in [4.69, 9.17) is 23.2 Å². The number of rotatable bonds is 2. The van der Waals surface area contributed by atoms with E-state index in [-0.39, 0.29) is 0 Å². The van der Waals surface area contributed by atoms with Crippen molar-refractivity contribution in [1.29, 1.82) is 0 Å². The number of hydrogen-bond donors (Lipinski definition) is 2. The van der Waals surface area contributed by atoms with Gasteiger partial charge >= 0.3 is 10.5 Å². The van der Waals surface area contributed by atoms with Crippen LogP contribution in [0.25, 0.3) is 0 Å². The number of halogens is 2. The van der Waals surface area contributed by atoms with E-state index in [1.807, 2.05) is 0 Å². The molecule has 0 heterocycles.